The Labute approximate surface area is 200 Å². The zero-order valence-electron chi connectivity index (χ0n) is 21.4. The molecule has 0 amide bonds. The van der Waals surface area contributed by atoms with Crippen molar-refractivity contribution >= 4 is 0 Å². The van der Waals surface area contributed by atoms with E-state index in [9.17, 15) is 0 Å². The van der Waals surface area contributed by atoms with Crippen LogP contribution in [0.25, 0.3) is 0 Å². The van der Waals surface area contributed by atoms with Gasteiger partial charge < -0.3 is 25.4 Å². The number of hydrogen-bond acceptors (Lipinski definition) is 5. The van der Waals surface area contributed by atoms with E-state index in [1.807, 2.05) is 0 Å². The lowest BCUT2D eigenvalue weighted by Gasteiger charge is -2.22. The maximum Gasteiger partial charge on any atom is 0.123 e. The summed E-state index contributed by atoms with van der Waals surface area (Å²) in [6.07, 6.45) is 0. The molecule has 0 atom stereocenters. The topological polar surface area (TPSA) is 54.5 Å². The predicted molar refractivity (Wildman–Crippen MR) is 138 cm³/mol. The van der Waals surface area contributed by atoms with Crippen LogP contribution in [0.5, 0.6) is 11.5 Å². The van der Waals surface area contributed by atoms with Gasteiger partial charge in [-0.25, -0.2) is 0 Å². The first kappa shape index (κ1) is 25.5. The minimum Gasteiger partial charge on any atom is -0.490 e. The van der Waals surface area contributed by atoms with Crippen molar-refractivity contribution in [1.29, 1.82) is 0 Å². The molecular formula is C28H43N3O2. The fraction of sp³-hybridized carbons (Fsp3) is 0.571. The number of ether oxygens (including phenoxy) is 2. The number of nitrogens with one attached hydrogen (secondary N) is 3. The second-order valence-electron chi connectivity index (χ2n) is 10.9. The van der Waals surface area contributed by atoms with Gasteiger partial charge in [0.25, 0.3) is 0 Å². The lowest BCUT2D eigenvalue weighted by atomic mass is 9.86. The fourth-order valence-electron chi connectivity index (χ4n) is 3.88. The smallest absolute Gasteiger partial charge is 0.123 e. The molecule has 0 aromatic heterocycles. The zero-order chi connectivity index (χ0) is 23.9. The van der Waals surface area contributed by atoms with Crippen LogP contribution in [0.3, 0.4) is 0 Å². The molecule has 0 bridgehead atoms. The van der Waals surface area contributed by atoms with E-state index < -0.39 is 0 Å². The third-order valence-electron chi connectivity index (χ3n) is 6.04. The van der Waals surface area contributed by atoms with Crippen molar-refractivity contribution in [1.82, 2.24) is 16.0 Å². The summed E-state index contributed by atoms with van der Waals surface area (Å²) in [5, 5.41) is 10.6. The molecule has 3 N–H and O–H groups in total. The summed E-state index contributed by atoms with van der Waals surface area (Å²) in [6.45, 7) is 19.8. The van der Waals surface area contributed by atoms with Gasteiger partial charge in [-0.15, -0.1) is 0 Å². The molecule has 0 radical (unpaired) electrons. The Morgan fingerprint density at radius 1 is 0.576 bits per heavy atom. The largest absolute Gasteiger partial charge is 0.490 e. The highest BCUT2D eigenvalue weighted by Crippen LogP contribution is 2.29. The monoisotopic (exact) mass is 453 g/mol. The van der Waals surface area contributed by atoms with Crippen LogP contribution in [0, 0.1) is 0 Å². The van der Waals surface area contributed by atoms with Crippen LogP contribution in [0.15, 0.2) is 36.4 Å². The molecule has 0 saturated carbocycles. The Kier molecular flexibility index (Phi) is 8.80. The Balaban J connectivity index is 1.77. The molecule has 33 heavy (non-hydrogen) atoms. The van der Waals surface area contributed by atoms with E-state index in [1.54, 1.807) is 0 Å². The van der Waals surface area contributed by atoms with Gasteiger partial charge in [0.1, 0.15) is 24.7 Å². The Bertz CT molecular complexity index is 823. The van der Waals surface area contributed by atoms with Gasteiger partial charge in [-0.3, -0.25) is 0 Å². The van der Waals surface area contributed by atoms with Crippen molar-refractivity contribution < 1.29 is 9.47 Å². The number of hydrogen-bond donors (Lipinski definition) is 3. The van der Waals surface area contributed by atoms with Crippen molar-refractivity contribution in [3.63, 3.8) is 0 Å². The van der Waals surface area contributed by atoms with Crippen LogP contribution in [-0.2, 0) is 23.9 Å². The van der Waals surface area contributed by atoms with E-state index in [4.69, 9.17) is 9.47 Å². The summed E-state index contributed by atoms with van der Waals surface area (Å²) in [6, 6.07) is 13.1. The predicted octanol–water partition coefficient (Wildman–Crippen LogP) is 4.52. The van der Waals surface area contributed by atoms with E-state index in [1.165, 1.54) is 22.3 Å². The molecule has 0 saturated heterocycles. The van der Waals surface area contributed by atoms with Crippen molar-refractivity contribution in [3.8, 4) is 11.5 Å². The van der Waals surface area contributed by atoms with Gasteiger partial charge in [0.15, 0.2) is 0 Å². The minimum atomic E-state index is 0.107. The molecular weight excluding hydrogens is 410 g/mol. The molecule has 5 heteroatoms. The number of rotatable bonds is 0. The molecule has 0 aliphatic carbocycles. The van der Waals surface area contributed by atoms with Gasteiger partial charge in [-0.1, -0.05) is 65.8 Å². The average molecular weight is 454 g/mol. The molecule has 3 rings (SSSR count). The zero-order valence-corrected chi connectivity index (χ0v) is 21.4. The van der Waals surface area contributed by atoms with Crippen molar-refractivity contribution in [2.75, 3.05) is 39.4 Å². The van der Waals surface area contributed by atoms with E-state index in [2.05, 4.69) is 93.9 Å². The summed E-state index contributed by atoms with van der Waals surface area (Å²) >= 11 is 0. The number of fused-ring (bicyclic) bond motifs is 2. The molecule has 182 valence electrons. The molecule has 0 fully saturated rings. The number of benzene rings is 2. The second-order valence-corrected chi connectivity index (χ2v) is 10.9. The third-order valence-corrected chi connectivity index (χ3v) is 6.04. The lowest BCUT2D eigenvalue weighted by molar-refractivity contribution is 0.214. The highest BCUT2D eigenvalue weighted by molar-refractivity contribution is 5.41. The van der Waals surface area contributed by atoms with Crippen LogP contribution in [0.1, 0.15) is 63.8 Å². The molecule has 2 aromatic rings. The molecule has 5 nitrogen and oxygen atoms in total. The lowest BCUT2D eigenvalue weighted by Crippen LogP contribution is -2.32. The molecule has 1 aliphatic heterocycles. The summed E-state index contributed by atoms with van der Waals surface area (Å²) in [5.74, 6) is 1.86. The van der Waals surface area contributed by atoms with Crippen LogP contribution in [0.2, 0.25) is 0 Å². The van der Waals surface area contributed by atoms with Crippen molar-refractivity contribution in [3.05, 3.63) is 58.7 Å². The summed E-state index contributed by atoms with van der Waals surface area (Å²) in [4.78, 5) is 0. The standard InChI is InChI=1S/C28H43N3O2/c1-27(2,3)23-7-9-25-21(17-23)19-30-13-11-29-12-14-31-20-22-18-24(28(4,5)6)8-10-26(22)33-16-15-32-25/h7-10,17-18,29-31H,11-16,19-20H2,1-6H3. The first-order valence-electron chi connectivity index (χ1n) is 12.3. The van der Waals surface area contributed by atoms with Gasteiger partial charge in [0.05, 0.1) is 0 Å². The maximum absolute atomic E-state index is 6.18. The quantitative estimate of drug-likeness (QED) is 0.548. The molecule has 2 aromatic carbocycles. The summed E-state index contributed by atoms with van der Waals surface area (Å²) in [5.41, 5.74) is 5.25. The van der Waals surface area contributed by atoms with Crippen LogP contribution < -0.4 is 25.4 Å². The Morgan fingerprint density at radius 2 is 0.970 bits per heavy atom. The first-order chi connectivity index (χ1) is 15.6. The summed E-state index contributed by atoms with van der Waals surface area (Å²) in [7, 11) is 0. The molecule has 1 aliphatic rings. The molecule has 1 heterocycles. The van der Waals surface area contributed by atoms with Crippen LogP contribution >= 0.6 is 0 Å². The fourth-order valence-corrected chi connectivity index (χ4v) is 3.88. The highest BCUT2D eigenvalue weighted by atomic mass is 16.5. The van der Waals surface area contributed by atoms with E-state index in [0.29, 0.717) is 13.2 Å². The third kappa shape index (κ3) is 7.73. The normalized spacial score (nSPS) is 17.2. The Hall–Kier alpha value is -2.08. The van der Waals surface area contributed by atoms with Crippen molar-refractivity contribution in [2.24, 2.45) is 0 Å². The SMILES string of the molecule is CC(C)(C)c1ccc2c(c1)CNCCNCCNCc1cc(C(C)(C)C)ccc1OCCO2. The van der Waals surface area contributed by atoms with E-state index in [-0.39, 0.29) is 10.8 Å². The molecule has 0 spiro atoms. The van der Waals surface area contributed by atoms with Gasteiger partial charge >= 0.3 is 0 Å². The van der Waals surface area contributed by atoms with E-state index >= 15 is 0 Å². The van der Waals surface area contributed by atoms with Gasteiger partial charge in [0.2, 0.25) is 0 Å². The minimum absolute atomic E-state index is 0.107. The van der Waals surface area contributed by atoms with Crippen LogP contribution in [0.4, 0.5) is 0 Å². The van der Waals surface area contributed by atoms with Crippen LogP contribution in [-0.4, -0.2) is 39.4 Å². The second kappa shape index (κ2) is 11.4. The first-order valence-corrected chi connectivity index (χ1v) is 12.3. The van der Waals surface area contributed by atoms with Crippen molar-refractivity contribution in [2.45, 2.75) is 65.5 Å². The average Bonchev–Trinajstić information content (AvgIpc) is 2.75. The van der Waals surface area contributed by atoms with E-state index in [0.717, 1.165) is 50.8 Å². The summed E-state index contributed by atoms with van der Waals surface area (Å²) < 4.78 is 12.4. The van der Waals surface area contributed by atoms with Gasteiger partial charge in [-0.2, -0.15) is 0 Å². The Morgan fingerprint density at radius 3 is 1.36 bits per heavy atom. The maximum atomic E-state index is 6.18. The van der Waals surface area contributed by atoms with Gasteiger partial charge in [0, 0.05) is 50.4 Å². The highest BCUT2D eigenvalue weighted by Gasteiger charge is 2.17. The van der Waals surface area contributed by atoms with Gasteiger partial charge in [-0.05, 0) is 34.1 Å². The molecule has 0 unspecified atom stereocenters.